The minimum atomic E-state index is 0. The van der Waals surface area contributed by atoms with E-state index in [-0.39, 0.29) is 24.2 Å². The number of benzene rings is 2. The molecule has 1 unspecified atom stereocenters. The van der Waals surface area contributed by atoms with E-state index < -0.39 is 0 Å². The van der Waals surface area contributed by atoms with Crippen LogP contribution in [0.2, 0.25) is 0 Å². The first-order valence-electron chi connectivity index (χ1n) is 7.87. The molecule has 2 aromatic carbocycles. The van der Waals surface area contributed by atoms with Gasteiger partial charge in [-0.05, 0) is 36.7 Å². The zero-order valence-corrected chi connectivity index (χ0v) is 14.1. The Morgan fingerprint density at radius 2 is 1.65 bits per heavy atom. The van der Waals surface area contributed by atoms with Crippen LogP contribution in [-0.2, 0) is 11.3 Å². The molecule has 4 heteroatoms. The van der Waals surface area contributed by atoms with Gasteiger partial charge in [0.2, 0.25) is 5.91 Å². The number of para-hydroxylation sites is 1. The van der Waals surface area contributed by atoms with Gasteiger partial charge in [0, 0.05) is 11.6 Å². The van der Waals surface area contributed by atoms with E-state index in [0.29, 0.717) is 12.5 Å². The van der Waals surface area contributed by atoms with Crippen molar-refractivity contribution in [3.63, 3.8) is 0 Å². The quantitative estimate of drug-likeness (QED) is 0.910. The number of carbonyl (C=O) groups is 1. The molecule has 3 nitrogen and oxygen atoms in total. The molecule has 0 radical (unpaired) electrons. The molecule has 1 saturated heterocycles. The Hall–Kier alpha value is -1.84. The zero-order chi connectivity index (χ0) is 15.4. The largest absolute Gasteiger partial charge is 0.316 e. The maximum atomic E-state index is 13.0. The molecule has 1 N–H and O–H groups in total. The van der Waals surface area contributed by atoms with Crippen LogP contribution in [0.4, 0.5) is 5.69 Å². The van der Waals surface area contributed by atoms with Gasteiger partial charge in [-0.3, -0.25) is 4.79 Å². The van der Waals surface area contributed by atoms with Crippen LogP contribution in [0.3, 0.4) is 0 Å². The maximum Gasteiger partial charge on any atom is 0.230 e. The second-order valence-electron chi connectivity index (χ2n) is 5.95. The number of halogens is 1. The minimum absolute atomic E-state index is 0. The summed E-state index contributed by atoms with van der Waals surface area (Å²) < 4.78 is 0. The third-order valence-electron chi connectivity index (χ3n) is 4.43. The van der Waals surface area contributed by atoms with E-state index in [1.54, 1.807) is 0 Å². The molecule has 0 bridgehead atoms. The van der Waals surface area contributed by atoms with Gasteiger partial charge in [0.1, 0.15) is 0 Å². The van der Waals surface area contributed by atoms with Gasteiger partial charge in [-0.1, -0.05) is 55.5 Å². The first-order chi connectivity index (χ1) is 10.8. The Labute approximate surface area is 144 Å². The van der Waals surface area contributed by atoms with Crippen LogP contribution >= 0.6 is 12.4 Å². The molecule has 0 aliphatic carbocycles. The molecule has 0 aromatic heterocycles. The van der Waals surface area contributed by atoms with E-state index in [4.69, 9.17) is 0 Å². The summed E-state index contributed by atoms with van der Waals surface area (Å²) in [7, 11) is 0. The molecule has 1 atom stereocenters. The molecule has 122 valence electrons. The van der Waals surface area contributed by atoms with Gasteiger partial charge >= 0.3 is 0 Å². The van der Waals surface area contributed by atoms with E-state index in [0.717, 1.165) is 24.3 Å². The third-order valence-corrected chi connectivity index (χ3v) is 4.43. The highest BCUT2D eigenvalue weighted by Gasteiger charge is 2.32. The number of amides is 1. The molecule has 2 aromatic rings. The van der Waals surface area contributed by atoms with Crippen molar-refractivity contribution >= 4 is 24.0 Å². The Morgan fingerprint density at radius 1 is 1.09 bits per heavy atom. The van der Waals surface area contributed by atoms with Gasteiger partial charge < -0.3 is 10.2 Å². The summed E-state index contributed by atoms with van der Waals surface area (Å²) in [6, 6.07) is 20.1. The summed E-state index contributed by atoms with van der Waals surface area (Å²) in [4.78, 5) is 14.9. The van der Waals surface area contributed by atoms with Crippen molar-refractivity contribution < 1.29 is 4.79 Å². The summed E-state index contributed by atoms with van der Waals surface area (Å²) in [6.07, 6.45) is 0. The second kappa shape index (κ2) is 8.14. The number of rotatable bonds is 5. The van der Waals surface area contributed by atoms with Crippen molar-refractivity contribution in [2.45, 2.75) is 13.5 Å². The lowest BCUT2D eigenvalue weighted by Gasteiger charge is -2.35. The van der Waals surface area contributed by atoms with Gasteiger partial charge in [0.25, 0.3) is 0 Å². The highest BCUT2D eigenvalue weighted by Crippen LogP contribution is 2.24. The van der Waals surface area contributed by atoms with E-state index in [2.05, 4.69) is 24.4 Å². The van der Waals surface area contributed by atoms with Gasteiger partial charge in [-0.25, -0.2) is 0 Å². The molecule has 0 saturated carbocycles. The SMILES string of the molecule is CC(C(=O)N(Cc1ccccc1)c1ccccc1)C1CNC1.Cl. The molecular formula is C19H23ClN2O. The maximum absolute atomic E-state index is 13.0. The summed E-state index contributed by atoms with van der Waals surface area (Å²) in [5.41, 5.74) is 2.12. The summed E-state index contributed by atoms with van der Waals surface area (Å²) in [5.74, 6) is 0.709. The summed E-state index contributed by atoms with van der Waals surface area (Å²) >= 11 is 0. The topological polar surface area (TPSA) is 32.3 Å². The van der Waals surface area contributed by atoms with E-state index in [9.17, 15) is 4.79 Å². The van der Waals surface area contributed by atoms with Crippen LogP contribution in [0.5, 0.6) is 0 Å². The van der Waals surface area contributed by atoms with Gasteiger partial charge in [0.05, 0.1) is 6.54 Å². The molecule has 1 amide bonds. The normalized spacial score (nSPS) is 15.2. The number of nitrogens with zero attached hydrogens (tertiary/aromatic N) is 1. The van der Waals surface area contributed by atoms with Crippen LogP contribution in [-0.4, -0.2) is 19.0 Å². The molecule has 1 heterocycles. The van der Waals surface area contributed by atoms with Crippen molar-refractivity contribution in [1.82, 2.24) is 5.32 Å². The third kappa shape index (κ3) is 4.12. The average Bonchev–Trinajstić information content (AvgIpc) is 2.52. The van der Waals surface area contributed by atoms with Gasteiger partial charge in [0.15, 0.2) is 0 Å². The monoisotopic (exact) mass is 330 g/mol. The number of nitrogens with one attached hydrogen (secondary N) is 1. The number of hydrogen-bond donors (Lipinski definition) is 1. The van der Waals surface area contributed by atoms with Crippen LogP contribution in [0.25, 0.3) is 0 Å². The number of carbonyl (C=O) groups excluding carboxylic acids is 1. The van der Waals surface area contributed by atoms with Crippen molar-refractivity contribution in [3.8, 4) is 0 Å². The lowest BCUT2D eigenvalue weighted by atomic mass is 9.87. The number of anilines is 1. The summed E-state index contributed by atoms with van der Waals surface area (Å²) in [6.45, 7) is 4.56. The fourth-order valence-electron chi connectivity index (χ4n) is 2.78. The van der Waals surface area contributed by atoms with Crippen LogP contribution < -0.4 is 10.2 Å². The highest BCUT2D eigenvalue weighted by atomic mass is 35.5. The van der Waals surface area contributed by atoms with E-state index >= 15 is 0 Å². The molecular weight excluding hydrogens is 308 g/mol. The minimum Gasteiger partial charge on any atom is -0.316 e. The molecule has 3 rings (SSSR count). The Morgan fingerprint density at radius 3 is 2.17 bits per heavy atom. The lowest BCUT2D eigenvalue weighted by molar-refractivity contribution is -0.124. The predicted octanol–water partition coefficient (Wildman–Crippen LogP) is 3.50. The molecule has 23 heavy (non-hydrogen) atoms. The van der Waals surface area contributed by atoms with Crippen molar-refractivity contribution in [3.05, 3.63) is 66.2 Å². The first-order valence-corrected chi connectivity index (χ1v) is 7.87. The van der Waals surface area contributed by atoms with Crippen molar-refractivity contribution in [2.24, 2.45) is 11.8 Å². The molecule has 1 aliphatic rings. The van der Waals surface area contributed by atoms with Gasteiger partial charge in [-0.2, -0.15) is 0 Å². The first kappa shape index (κ1) is 17.5. The Kier molecular flexibility index (Phi) is 6.20. The van der Waals surface area contributed by atoms with Crippen LogP contribution in [0.15, 0.2) is 60.7 Å². The fourth-order valence-corrected chi connectivity index (χ4v) is 2.78. The van der Waals surface area contributed by atoms with Crippen LogP contribution in [0, 0.1) is 11.8 Å². The average molecular weight is 331 g/mol. The lowest BCUT2D eigenvalue weighted by Crippen LogP contribution is -2.50. The zero-order valence-electron chi connectivity index (χ0n) is 13.3. The van der Waals surface area contributed by atoms with E-state index in [1.807, 2.05) is 53.4 Å². The number of hydrogen-bond acceptors (Lipinski definition) is 2. The molecule has 1 aliphatic heterocycles. The smallest absolute Gasteiger partial charge is 0.230 e. The molecule has 0 spiro atoms. The van der Waals surface area contributed by atoms with Gasteiger partial charge in [-0.15, -0.1) is 12.4 Å². The second-order valence-corrected chi connectivity index (χ2v) is 5.95. The van der Waals surface area contributed by atoms with Crippen molar-refractivity contribution in [1.29, 1.82) is 0 Å². The molecule has 1 fully saturated rings. The van der Waals surface area contributed by atoms with Crippen LogP contribution in [0.1, 0.15) is 12.5 Å². The standard InChI is InChI=1S/C19H22N2O.ClH/c1-15(17-12-20-13-17)19(22)21(18-10-6-3-7-11-18)14-16-8-4-2-5-9-16;/h2-11,15,17,20H,12-14H2,1H3;1H. The fraction of sp³-hybridized carbons (Fsp3) is 0.316. The Balaban J connectivity index is 0.00000192. The Bertz CT molecular complexity index is 614. The van der Waals surface area contributed by atoms with Crippen molar-refractivity contribution in [2.75, 3.05) is 18.0 Å². The summed E-state index contributed by atoms with van der Waals surface area (Å²) in [5, 5.41) is 3.25. The van der Waals surface area contributed by atoms with E-state index in [1.165, 1.54) is 0 Å². The predicted molar refractivity (Wildman–Crippen MR) is 96.8 cm³/mol. The highest BCUT2D eigenvalue weighted by molar-refractivity contribution is 5.95.